The normalized spacial score (nSPS) is 25.5. The number of fused-ring (bicyclic) bond motifs is 1. The summed E-state index contributed by atoms with van der Waals surface area (Å²) < 4.78 is 10.3. The number of hydrogen-bond acceptors (Lipinski definition) is 6. The highest BCUT2D eigenvalue weighted by Gasteiger charge is 2.43. The molecule has 1 heterocycles. The van der Waals surface area contributed by atoms with Gasteiger partial charge in [-0.2, -0.15) is 0 Å². The molecule has 0 aromatic heterocycles. The summed E-state index contributed by atoms with van der Waals surface area (Å²) in [5.41, 5.74) is 5.84. The number of amides is 1. The van der Waals surface area contributed by atoms with Crippen molar-refractivity contribution in [3.8, 4) is 11.5 Å². The number of nitro benzene ring substituents is 1. The van der Waals surface area contributed by atoms with Crippen molar-refractivity contribution < 1.29 is 19.2 Å². The first-order valence-electron chi connectivity index (χ1n) is 7.91. The lowest BCUT2D eigenvalue weighted by Crippen LogP contribution is -2.33. The van der Waals surface area contributed by atoms with E-state index in [1.165, 1.54) is 26.4 Å². The van der Waals surface area contributed by atoms with Crippen LogP contribution in [-0.2, 0) is 0 Å². The van der Waals surface area contributed by atoms with Gasteiger partial charge in [0.15, 0.2) is 11.5 Å². The van der Waals surface area contributed by atoms with Crippen molar-refractivity contribution in [2.24, 2.45) is 17.6 Å². The zero-order valence-electron chi connectivity index (χ0n) is 13.7. The van der Waals surface area contributed by atoms with E-state index in [9.17, 15) is 14.9 Å². The van der Waals surface area contributed by atoms with Gasteiger partial charge in [0, 0.05) is 25.2 Å². The molecule has 1 saturated carbocycles. The van der Waals surface area contributed by atoms with Gasteiger partial charge in [-0.1, -0.05) is 0 Å². The first-order chi connectivity index (χ1) is 11.5. The van der Waals surface area contributed by atoms with Gasteiger partial charge in [0.25, 0.3) is 11.6 Å². The van der Waals surface area contributed by atoms with Crippen LogP contribution in [0.4, 0.5) is 5.69 Å². The molecule has 1 aliphatic heterocycles. The number of rotatable bonds is 4. The Morgan fingerprint density at radius 1 is 1.25 bits per heavy atom. The highest BCUT2D eigenvalue weighted by atomic mass is 16.6. The number of ether oxygens (including phenoxy) is 2. The number of carbonyl (C=O) groups excluding carboxylic acids is 1. The van der Waals surface area contributed by atoms with E-state index < -0.39 is 4.92 Å². The number of hydrogen-bond donors (Lipinski definition) is 1. The fourth-order valence-corrected chi connectivity index (χ4v) is 3.83. The summed E-state index contributed by atoms with van der Waals surface area (Å²) in [5, 5.41) is 11.4. The topological polar surface area (TPSA) is 108 Å². The smallest absolute Gasteiger partial charge is 0.286 e. The predicted octanol–water partition coefficient (Wildman–Crippen LogP) is 1.42. The second kappa shape index (κ2) is 6.27. The van der Waals surface area contributed by atoms with Gasteiger partial charge >= 0.3 is 0 Å². The lowest BCUT2D eigenvalue weighted by atomic mass is 9.98. The first-order valence-corrected chi connectivity index (χ1v) is 7.91. The van der Waals surface area contributed by atoms with Gasteiger partial charge in [-0.05, 0) is 24.7 Å². The van der Waals surface area contributed by atoms with Crippen molar-refractivity contribution in [1.82, 2.24) is 4.90 Å². The molecule has 8 heteroatoms. The van der Waals surface area contributed by atoms with Gasteiger partial charge < -0.3 is 20.1 Å². The Hall–Kier alpha value is -2.35. The Kier molecular flexibility index (Phi) is 4.31. The zero-order chi connectivity index (χ0) is 17.4. The molecule has 3 atom stereocenters. The molecule has 0 spiro atoms. The SMILES string of the molecule is COc1cc(C(=O)N2CC3CCC(N)C3C2)c([N+](=O)[O-])cc1OC. The van der Waals surface area contributed by atoms with Crippen LogP contribution in [0.3, 0.4) is 0 Å². The number of likely N-dealkylation sites (tertiary alicyclic amines) is 1. The lowest BCUT2D eigenvalue weighted by molar-refractivity contribution is -0.385. The molecule has 8 nitrogen and oxygen atoms in total. The zero-order valence-corrected chi connectivity index (χ0v) is 13.7. The van der Waals surface area contributed by atoms with Crippen molar-refractivity contribution in [2.75, 3.05) is 27.3 Å². The van der Waals surface area contributed by atoms with Crippen molar-refractivity contribution in [1.29, 1.82) is 0 Å². The summed E-state index contributed by atoms with van der Waals surface area (Å²) in [4.78, 5) is 25.3. The predicted molar refractivity (Wildman–Crippen MR) is 86.3 cm³/mol. The molecule has 0 radical (unpaired) electrons. The summed E-state index contributed by atoms with van der Waals surface area (Å²) in [6.45, 7) is 1.15. The maximum absolute atomic E-state index is 12.9. The van der Waals surface area contributed by atoms with Crippen LogP contribution in [0, 0.1) is 22.0 Å². The fraction of sp³-hybridized carbons (Fsp3) is 0.562. The highest BCUT2D eigenvalue weighted by Crippen LogP contribution is 2.40. The van der Waals surface area contributed by atoms with Crippen LogP contribution in [-0.4, -0.2) is 49.1 Å². The number of nitrogens with two attached hydrogens (primary N) is 1. The molecule has 1 aliphatic carbocycles. The van der Waals surface area contributed by atoms with Gasteiger partial charge in [0.2, 0.25) is 0 Å². The monoisotopic (exact) mass is 335 g/mol. The minimum absolute atomic E-state index is 0.0196. The summed E-state index contributed by atoms with van der Waals surface area (Å²) in [6, 6.07) is 2.72. The molecule has 24 heavy (non-hydrogen) atoms. The van der Waals surface area contributed by atoms with E-state index >= 15 is 0 Å². The van der Waals surface area contributed by atoms with E-state index in [-0.39, 0.29) is 34.9 Å². The minimum atomic E-state index is -0.572. The van der Waals surface area contributed by atoms with Gasteiger partial charge in [-0.25, -0.2) is 0 Å². The average molecular weight is 335 g/mol. The molecule has 2 aliphatic rings. The number of carbonyl (C=O) groups is 1. The van der Waals surface area contributed by atoms with Crippen LogP contribution in [0.15, 0.2) is 12.1 Å². The summed E-state index contributed by atoms with van der Waals surface area (Å²) >= 11 is 0. The lowest BCUT2D eigenvalue weighted by Gasteiger charge is -2.19. The van der Waals surface area contributed by atoms with Crippen LogP contribution in [0.2, 0.25) is 0 Å². The van der Waals surface area contributed by atoms with Gasteiger partial charge in [-0.15, -0.1) is 0 Å². The van der Waals surface area contributed by atoms with Crippen molar-refractivity contribution in [3.63, 3.8) is 0 Å². The van der Waals surface area contributed by atoms with E-state index in [1.807, 2.05) is 0 Å². The molecule has 130 valence electrons. The molecular weight excluding hydrogens is 314 g/mol. The first kappa shape index (κ1) is 16.5. The third-order valence-corrected chi connectivity index (χ3v) is 5.13. The number of nitro groups is 1. The Labute approximate surface area is 139 Å². The number of benzene rings is 1. The molecule has 2 N–H and O–H groups in total. The third-order valence-electron chi connectivity index (χ3n) is 5.13. The van der Waals surface area contributed by atoms with Crippen molar-refractivity contribution in [3.05, 3.63) is 27.8 Å². The van der Waals surface area contributed by atoms with Gasteiger partial charge in [-0.3, -0.25) is 14.9 Å². The Morgan fingerprint density at radius 2 is 1.92 bits per heavy atom. The largest absolute Gasteiger partial charge is 0.493 e. The average Bonchev–Trinajstić information content (AvgIpc) is 3.15. The summed E-state index contributed by atoms with van der Waals surface area (Å²) in [5.74, 6) is 0.837. The molecule has 1 saturated heterocycles. The van der Waals surface area contributed by atoms with Gasteiger partial charge in [0.1, 0.15) is 5.56 Å². The Morgan fingerprint density at radius 3 is 2.50 bits per heavy atom. The molecular formula is C16H21N3O5. The molecule has 3 unspecified atom stereocenters. The molecule has 0 bridgehead atoms. The molecule has 3 rings (SSSR count). The van der Waals surface area contributed by atoms with Crippen LogP contribution in [0.25, 0.3) is 0 Å². The highest BCUT2D eigenvalue weighted by molar-refractivity contribution is 5.99. The molecule has 1 aromatic carbocycles. The fourth-order valence-electron chi connectivity index (χ4n) is 3.83. The third kappa shape index (κ3) is 2.66. The maximum atomic E-state index is 12.9. The van der Waals surface area contributed by atoms with Crippen molar-refractivity contribution >= 4 is 11.6 Å². The summed E-state index contributed by atoms with van der Waals surface area (Å²) in [7, 11) is 2.82. The second-order valence-electron chi connectivity index (χ2n) is 6.36. The standard InChI is InChI=1S/C16H21N3O5/c1-23-14-5-10(13(19(21)22)6-15(14)24-2)16(20)18-7-9-3-4-12(17)11(9)8-18/h5-6,9,11-12H,3-4,7-8,17H2,1-2H3. The van der Waals surface area contributed by atoms with Crippen LogP contribution in [0.5, 0.6) is 11.5 Å². The van der Waals surface area contributed by atoms with Crippen LogP contribution >= 0.6 is 0 Å². The Balaban J connectivity index is 1.93. The summed E-state index contributed by atoms with van der Waals surface area (Å²) in [6.07, 6.45) is 1.98. The van der Waals surface area contributed by atoms with E-state index in [1.54, 1.807) is 4.90 Å². The van der Waals surface area contributed by atoms with Gasteiger partial charge in [0.05, 0.1) is 25.2 Å². The van der Waals surface area contributed by atoms with E-state index in [0.29, 0.717) is 24.8 Å². The van der Waals surface area contributed by atoms with E-state index in [0.717, 1.165) is 12.8 Å². The van der Waals surface area contributed by atoms with E-state index in [2.05, 4.69) is 0 Å². The Bertz CT molecular complexity index is 678. The molecule has 1 amide bonds. The van der Waals surface area contributed by atoms with Crippen molar-refractivity contribution in [2.45, 2.75) is 18.9 Å². The minimum Gasteiger partial charge on any atom is -0.493 e. The van der Waals surface area contributed by atoms with Crippen LogP contribution < -0.4 is 15.2 Å². The second-order valence-corrected chi connectivity index (χ2v) is 6.36. The quantitative estimate of drug-likeness (QED) is 0.658. The molecule has 1 aromatic rings. The van der Waals surface area contributed by atoms with E-state index in [4.69, 9.17) is 15.2 Å². The number of nitrogens with zero attached hydrogens (tertiary/aromatic N) is 2. The maximum Gasteiger partial charge on any atom is 0.286 e. The van der Waals surface area contributed by atoms with Crippen LogP contribution in [0.1, 0.15) is 23.2 Å². The molecule has 2 fully saturated rings. The number of methoxy groups -OCH3 is 2.